The molecule has 0 aliphatic rings. The number of aryl methyl sites for hydroxylation is 1. The van der Waals surface area contributed by atoms with Crippen LogP contribution >= 0.6 is 0 Å². The van der Waals surface area contributed by atoms with Gasteiger partial charge < -0.3 is 14.0 Å². The lowest BCUT2D eigenvalue weighted by molar-refractivity contribution is 0.394. The summed E-state index contributed by atoms with van der Waals surface area (Å²) in [6.07, 6.45) is 3.72. The SMILES string of the molecule is COc1cc(OC)cc(-n2cnc(C)c2)c1. The molecule has 84 valence electrons. The highest BCUT2D eigenvalue weighted by Gasteiger charge is 2.03. The van der Waals surface area contributed by atoms with Gasteiger partial charge in [-0.05, 0) is 6.92 Å². The Labute approximate surface area is 94.4 Å². The van der Waals surface area contributed by atoms with Crippen LogP contribution in [0.1, 0.15) is 5.69 Å². The van der Waals surface area contributed by atoms with Crippen molar-refractivity contribution in [3.8, 4) is 17.2 Å². The fraction of sp³-hybridized carbons (Fsp3) is 0.250. The molecular formula is C12H14N2O2. The first kappa shape index (κ1) is 10.5. The summed E-state index contributed by atoms with van der Waals surface area (Å²) in [6, 6.07) is 5.71. The molecule has 0 amide bonds. The van der Waals surface area contributed by atoms with Crippen LogP contribution in [0, 0.1) is 6.92 Å². The number of rotatable bonds is 3. The van der Waals surface area contributed by atoms with E-state index in [1.165, 1.54) is 0 Å². The third kappa shape index (κ3) is 2.00. The first-order valence-corrected chi connectivity index (χ1v) is 4.97. The van der Waals surface area contributed by atoms with E-state index in [9.17, 15) is 0 Å². The number of hydrogen-bond acceptors (Lipinski definition) is 3. The van der Waals surface area contributed by atoms with Gasteiger partial charge in [0.2, 0.25) is 0 Å². The number of imidazole rings is 1. The van der Waals surface area contributed by atoms with E-state index in [0.29, 0.717) is 0 Å². The van der Waals surface area contributed by atoms with Gasteiger partial charge in [-0.15, -0.1) is 0 Å². The second-order valence-electron chi connectivity index (χ2n) is 3.49. The van der Waals surface area contributed by atoms with E-state index in [0.717, 1.165) is 22.9 Å². The Hall–Kier alpha value is -1.97. The molecule has 0 aliphatic carbocycles. The van der Waals surface area contributed by atoms with Gasteiger partial charge in [-0.1, -0.05) is 0 Å². The molecule has 0 spiro atoms. The minimum atomic E-state index is 0.765. The monoisotopic (exact) mass is 218 g/mol. The second kappa shape index (κ2) is 4.26. The van der Waals surface area contributed by atoms with E-state index < -0.39 is 0 Å². The zero-order chi connectivity index (χ0) is 11.5. The quantitative estimate of drug-likeness (QED) is 0.792. The average molecular weight is 218 g/mol. The lowest BCUT2D eigenvalue weighted by atomic mass is 10.2. The number of methoxy groups -OCH3 is 2. The smallest absolute Gasteiger partial charge is 0.124 e. The van der Waals surface area contributed by atoms with Crippen molar-refractivity contribution in [1.82, 2.24) is 9.55 Å². The van der Waals surface area contributed by atoms with Crippen molar-refractivity contribution in [1.29, 1.82) is 0 Å². The van der Waals surface area contributed by atoms with E-state index in [-0.39, 0.29) is 0 Å². The Kier molecular flexibility index (Phi) is 2.81. The van der Waals surface area contributed by atoms with Gasteiger partial charge in [0.25, 0.3) is 0 Å². The average Bonchev–Trinajstić information content (AvgIpc) is 2.75. The summed E-state index contributed by atoms with van der Waals surface area (Å²) in [4.78, 5) is 4.19. The molecule has 2 rings (SSSR count). The molecule has 0 bridgehead atoms. The number of nitrogens with zero attached hydrogens (tertiary/aromatic N) is 2. The molecule has 0 fully saturated rings. The van der Waals surface area contributed by atoms with Crippen molar-refractivity contribution in [2.24, 2.45) is 0 Å². The first-order chi connectivity index (χ1) is 7.72. The minimum Gasteiger partial charge on any atom is -0.497 e. The van der Waals surface area contributed by atoms with Gasteiger partial charge in [0.1, 0.15) is 11.5 Å². The lowest BCUT2D eigenvalue weighted by Gasteiger charge is -2.08. The normalized spacial score (nSPS) is 10.2. The number of ether oxygens (including phenoxy) is 2. The standard InChI is InChI=1S/C12H14N2O2/c1-9-7-14(8-13-9)10-4-11(15-2)6-12(5-10)16-3/h4-8H,1-3H3. The third-order valence-electron chi connectivity index (χ3n) is 2.35. The van der Waals surface area contributed by atoms with Gasteiger partial charge in [-0.3, -0.25) is 0 Å². The summed E-state index contributed by atoms with van der Waals surface area (Å²) in [5, 5.41) is 0. The van der Waals surface area contributed by atoms with Crippen LogP contribution in [0.25, 0.3) is 5.69 Å². The summed E-state index contributed by atoms with van der Waals surface area (Å²) in [6.45, 7) is 1.95. The van der Waals surface area contributed by atoms with Crippen molar-refractivity contribution >= 4 is 0 Å². The molecule has 2 aromatic rings. The Bertz CT molecular complexity index is 469. The first-order valence-electron chi connectivity index (χ1n) is 4.97. The predicted octanol–water partition coefficient (Wildman–Crippen LogP) is 2.20. The molecule has 0 saturated carbocycles. The summed E-state index contributed by atoms with van der Waals surface area (Å²) < 4.78 is 12.4. The highest BCUT2D eigenvalue weighted by molar-refractivity contribution is 5.46. The molecule has 0 atom stereocenters. The summed E-state index contributed by atoms with van der Waals surface area (Å²) in [7, 11) is 3.27. The number of benzene rings is 1. The molecular weight excluding hydrogens is 204 g/mol. The zero-order valence-corrected chi connectivity index (χ0v) is 9.60. The van der Waals surface area contributed by atoms with Crippen LogP contribution < -0.4 is 9.47 Å². The van der Waals surface area contributed by atoms with Crippen molar-refractivity contribution in [2.45, 2.75) is 6.92 Å². The molecule has 1 heterocycles. The van der Waals surface area contributed by atoms with E-state index in [1.54, 1.807) is 20.5 Å². The van der Waals surface area contributed by atoms with Crippen molar-refractivity contribution in [3.63, 3.8) is 0 Å². The lowest BCUT2D eigenvalue weighted by Crippen LogP contribution is -1.94. The topological polar surface area (TPSA) is 36.3 Å². The molecule has 4 nitrogen and oxygen atoms in total. The summed E-state index contributed by atoms with van der Waals surface area (Å²) >= 11 is 0. The van der Waals surface area contributed by atoms with Crippen molar-refractivity contribution < 1.29 is 9.47 Å². The number of hydrogen-bond donors (Lipinski definition) is 0. The Balaban J connectivity index is 2.47. The van der Waals surface area contributed by atoms with E-state index >= 15 is 0 Å². The molecule has 0 aliphatic heterocycles. The van der Waals surface area contributed by atoms with Gasteiger partial charge in [0.15, 0.2) is 0 Å². The van der Waals surface area contributed by atoms with Crippen LogP contribution in [0.2, 0.25) is 0 Å². The molecule has 0 unspecified atom stereocenters. The number of aromatic nitrogens is 2. The van der Waals surface area contributed by atoms with Gasteiger partial charge in [-0.2, -0.15) is 0 Å². The maximum atomic E-state index is 5.21. The second-order valence-corrected chi connectivity index (χ2v) is 3.49. The molecule has 16 heavy (non-hydrogen) atoms. The van der Waals surface area contributed by atoms with E-state index in [1.807, 2.05) is 35.9 Å². The van der Waals surface area contributed by atoms with Gasteiger partial charge in [0.05, 0.1) is 31.9 Å². The van der Waals surface area contributed by atoms with Gasteiger partial charge >= 0.3 is 0 Å². The van der Waals surface area contributed by atoms with Crippen LogP contribution in [0.4, 0.5) is 0 Å². The van der Waals surface area contributed by atoms with Crippen LogP contribution in [0.3, 0.4) is 0 Å². The van der Waals surface area contributed by atoms with Gasteiger partial charge in [0, 0.05) is 24.4 Å². The third-order valence-corrected chi connectivity index (χ3v) is 2.35. The van der Waals surface area contributed by atoms with E-state index in [2.05, 4.69) is 4.98 Å². The summed E-state index contributed by atoms with van der Waals surface area (Å²) in [5.74, 6) is 1.53. The Morgan fingerprint density at radius 3 is 2.12 bits per heavy atom. The molecule has 4 heteroatoms. The maximum absolute atomic E-state index is 5.21. The maximum Gasteiger partial charge on any atom is 0.124 e. The fourth-order valence-electron chi connectivity index (χ4n) is 1.50. The fourth-order valence-corrected chi connectivity index (χ4v) is 1.50. The summed E-state index contributed by atoms with van der Waals surface area (Å²) in [5.41, 5.74) is 1.94. The van der Waals surface area contributed by atoms with Crippen LogP contribution in [-0.4, -0.2) is 23.8 Å². The Morgan fingerprint density at radius 1 is 1.06 bits per heavy atom. The molecule has 0 saturated heterocycles. The van der Waals surface area contributed by atoms with E-state index in [4.69, 9.17) is 9.47 Å². The van der Waals surface area contributed by atoms with Crippen LogP contribution in [0.5, 0.6) is 11.5 Å². The molecule has 0 radical (unpaired) electrons. The predicted molar refractivity (Wildman–Crippen MR) is 61.4 cm³/mol. The van der Waals surface area contributed by atoms with Gasteiger partial charge in [-0.25, -0.2) is 4.98 Å². The molecule has 1 aromatic heterocycles. The Morgan fingerprint density at radius 2 is 1.69 bits per heavy atom. The molecule has 0 N–H and O–H groups in total. The van der Waals surface area contributed by atoms with Crippen LogP contribution in [-0.2, 0) is 0 Å². The highest BCUT2D eigenvalue weighted by atomic mass is 16.5. The van der Waals surface area contributed by atoms with Crippen LogP contribution in [0.15, 0.2) is 30.7 Å². The molecule has 1 aromatic carbocycles. The van der Waals surface area contributed by atoms with Crippen molar-refractivity contribution in [3.05, 3.63) is 36.4 Å². The minimum absolute atomic E-state index is 0.765. The largest absolute Gasteiger partial charge is 0.497 e. The highest BCUT2D eigenvalue weighted by Crippen LogP contribution is 2.24. The van der Waals surface area contributed by atoms with Crippen molar-refractivity contribution in [2.75, 3.05) is 14.2 Å². The zero-order valence-electron chi connectivity index (χ0n) is 9.60.